The Morgan fingerprint density at radius 2 is 1.73 bits per heavy atom. The number of benzene rings is 2. The molecule has 0 bridgehead atoms. The van der Waals surface area contributed by atoms with Crippen LogP contribution in [0.4, 0.5) is 5.69 Å². The van der Waals surface area contributed by atoms with Crippen molar-refractivity contribution in [2.45, 2.75) is 26.7 Å². The van der Waals surface area contributed by atoms with Gasteiger partial charge in [-0.2, -0.15) is 0 Å². The van der Waals surface area contributed by atoms with Crippen LogP contribution in [-0.4, -0.2) is 44.2 Å². The molecule has 0 saturated heterocycles. The predicted octanol–water partition coefficient (Wildman–Crippen LogP) is 5.50. The van der Waals surface area contributed by atoms with Gasteiger partial charge in [-0.05, 0) is 61.8 Å². The monoisotopic (exact) mass is 430 g/mol. The number of ether oxygens (including phenoxy) is 2. The van der Waals surface area contributed by atoms with E-state index in [9.17, 15) is 4.79 Å². The van der Waals surface area contributed by atoms with Crippen LogP contribution >= 0.6 is 11.6 Å². The number of amides is 1. The minimum absolute atomic E-state index is 0.224. The van der Waals surface area contributed by atoms with Crippen molar-refractivity contribution in [3.63, 3.8) is 0 Å². The third-order valence-corrected chi connectivity index (χ3v) is 4.73. The molecule has 30 heavy (non-hydrogen) atoms. The van der Waals surface area contributed by atoms with E-state index >= 15 is 0 Å². The van der Waals surface area contributed by atoms with Gasteiger partial charge < -0.3 is 14.8 Å². The van der Waals surface area contributed by atoms with E-state index < -0.39 is 0 Å². The third-order valence-electron chi connectivity index (χ3n) is 4.47. The van der Waals surface area contributed by atoms with Gasteiger partial charge in [0.25, 0.3) is 0 Å². The largest absolute Gasteiger partial charge is 0.493 e. The van der Waals surface area contributed by atoms with Crippen LogP contribution in [0.5, 0.6) is 11.5 Å². The molecule has 0 aromatic heterocycles. The summed E-state index contributed by atoms with van der Waals surface area (Å²) in [6.07, 6.45) is 5.47. The van der Waals surface area contributed by atoms with E-state index in [0.29, 0.717) is 28.8 Å². The second-order valence-electron chi connectivity index (χ2n) is 6.93. The first-order valence-electron chi connectivity index (χ1n) is 10.3. The summed E-state index contributed by atoms with van der Waals surface area (Å²) in [6, 6.07) is 12.7. The summed E-state index contributed by atoms with van der Waals surface area (Å²) in [5, 5.41) is 3.52. The Hall–Kier alpha value is -2.50. The van der Waals surface area contributed by atoms with Gasteiger partial charge in [0, 0.05) is 29.4 Å². The quantitative estimate of drug-likeness (QED) is 0.451. The van der Waals surface area contributed by atoms with Crippen molar-refractivity contribution in [3.05, 3.63) is 59.1 Å². The van der Waals surface area contributed by atoms with Gasteiger partial charge in [-0.3, -0.25) is 9.69 Å². The van der Waals surface area contributed by atoms with E-state index in [-0.39, 0.29) is 5.91 Å². The fraction of sp³-hybridized carbons (Fsp3) is 0.375. The molecule has 0 aliphatic carbocycles. The lowest BCUT2D eigenvalue weighted by molar-refractivity contribution is -0.111. The van der Waals surface area contributed by atoms with Crippen molar-refractivity contribution in [1.29, 1.82) is 0 Å². The molecule has 0 atom stereocenters. The molecular formula is C24H31ClN2O3. The van der Waals surface area contributed by atoms with Crippen LogP contribution in [0.25, 0.3) is 6.08 Å². The number of hydrogen-bond donors (Lipinski definition) is 1. The van der Waals surface area contributed by atoms with E-state index in [4.69, 9.17) is 21.1 Å². The van der Waals surface area contributed by atoms with Crippen LogP contribution in [0.15, 0.2) is 48.5 Å². The highest BCUT2D eigenvalue weighted by molar-refractivity contribution is 6.30. The van der Waals surface area contributed by atoms with Crippen molar-refractivity contribution in [3.8, 4) is 11.5 Å². The van der Waals surface area contributed by atoms with Crippen molar-refractivity contribution in [2.75, 3.05) is 38.7 Å². The van der Waals surface area contributed by atoms with Crippen LogP contribution in [0.2, 0.25) is 5.02 Å². The Morgan fingerprint density at radius 3 is 2.37 bits per heavy atom. The summed E-state index contributed by atoms with van der Waals surface area (Å²) in [4.78, 5) is 14.7. The fourth-order valence-electron chi connectivity index (χ4n) is 3.05. The second-order valence-corrected chi connectivity index (χ2v) is 7.37. The lowest BCUT2D eigenvalue weighted by atomic mass is 10.2. The minimum atomic E-state index is -0.224. The molecule has 0 spiro atoms. The van der Waals surface area contributed by atoms with Gasteiger partial charge in [0.05, 0.1) is 7.11 Å². The van der Waals surface area contributed by atoms with Gasteiger partial charge in [0.1, 0.15) is 6.61 Å². The average molecular weight is 431 g/mol. The van der Waals surface area contributed by atoms with Crippen LogP contribution in [-0.2, 0) is 4.79 Å². The molecular weight excluding hydrogens is 400 g/mol. The zero-order chi connectivity index (χ0) is 21.8. The first kappa shape index (κ1) is 23.8. The summed E-state index contributed by atoms with van der Waals surface area (Å²) in [6.45, 7) is 7.89. The number of hydrogen-bond acceptors (Lipinski definition) is 4. The molecule has 162 valence electrons. The van der Waals surface area contributed by atoms with Crippen LogP contribution in [0, 0.1) is 0 Å². The highest BCUT2D eigenvalue weighted by Crippen LogP contribution is 2.30. The summed E-state index contributed by atoms with van der Waals surface area (Å²) in [5.74, 6) is 1.03. The van der Waals surface area contributed by atoms with Gasteiger partial charge in [-0.15, -0.1) is 0 Å². The molecule has 2 aromatic carbocycles. The van der Waals surface area contributed by atoms with Gasteiger partial charge in [0.15, 0.2) is 11.5 Å². The molecule has 0 aliphatic rings. The smallest absolute Gasteiger partial charge is 0.248 e. The number of carbonyl (C=O) groups is 1. The molecule has 0 aliphatic heterocycles. The Kier molecular flexibility index (Phi) is 10.3. The SMILES string of the molecule is CCCN(CCC)CCOc1cc(NC(=O)C=Cc2ccc(Cl)cc2)ccc1OC. The van der Waals surface area contributed by atoms with Gasteiger partial charge in [0.2, 0.25) is 5.91 Å². The molecule has 0 unspecified atom stereocenters. The van der Waals surface area contributed by atoms with Gasteiger partial charge >= 0.3 is 0 Å². The number of nitrogens with one attached hydrogen (secondary N) is 1. The van der Waals surface area contributed by atoms with Crippen molar-refractivity contribution >= 4 is 29.3 Å². The van der Waals surface area contributed by atoms with E-state index in [1.807, 2.05) is 12.1 Å². The lowest BCUT2D eigenvalue weighted by Crippen LogP contribution is -2.30. The van der Waals surface area contributed by atoms with E-state index in [1.54, 1.807) is 43.5 Å². The highest BCUT2D eigenvalue weighted by atomic mass is 35.5. The number of anilines is 1. The summed E-state index contributed by atoms with van der Waals surface area (Å²) in [5.41, 5.74) is 1.55. The number of rotatable bonds is 12. The number of methoxy groups -OCH3 is 1. The summed E-state index contributed by atoms with van der Waals surface area (Å²) in [7, 11) is 1.61. The first-order valence-corrected chi connectivity index (χ1v) is 10.7. The number of halogens is 1. The van der Waals surface area contributed by atoms with Crippen LogP contribution in [0.1, 0.15) is 32.3 Å². The van der Waals surface area contributed by atoms with Gasteiger partial charge in [-0.25, -0.2) is 0 Å². The van der Waals surface area contributed by atoms with Crippen LogP contribution < -0.4 is 14.8 Å². The van der Waals surface area contributed by atoms with E-state index in [0.717, 1.165) is 38.0 Å². The zero-order valence-electron chi connectivity index (χ0n) is 18.0. The van der Waals surface area contributed by atoms with Crippen molar-refractivity contribution in [1.82, 2.24) is 4.90 Å². The molecule has 6 heteroatoms. The molecule has 0 radical (unpaired) electrons. The normalized spacial score (nSPS) is 11.1. The van der Waals surface area contributed by atoms with Crippen LogP contribution in [0.3, 0.4) is 0 Å². The minimum Gasteiger partial charge on any atom is -0.493 e. The van der Waals surface area contributed by atoms with Crippen molar-refractivity contribution < 1.29 is 14.3 Å². The molecule has 0 fully saturated rings. The Balaban J connectivity index is 1.97. The third kappa shape index (κ3) is 8.09. The number of carbonyl (C=O) groups excluding carboxylic acids is 1. The highest BCUT2D eigenvalue weighted by Gasteiger charge is 2.09. The standard InChI is InChI=1S/C24H31ClN2O3/c1-4-14-27(15-5-2)16-17-30-23-18-21(11-12-22(23)29-3)26-24(28)13-8-19-6-9-20(25)10-7-19/h6-13,18H,4-5,14-17H2,1-3H3,(H,26,28). The van der Waals surface area contributed by atoms with Crippen molar-refractivity contribution in [2.24, 2.45) is 0 Å². The Morgan fingerprint density at radius 1 is 1.03 bits per heavy atom. The second kappa shape index (κ2) is 12.9. The van der Waals surface area contributed by atoms with E-state index in [2.05, 4.69) is 24.1 Å². The average Bonchev–Trinajstić information content (AvgIpc) is 2.74. The summed E-state index contributed by atoms with van der Waals surface area (Å²) < 4.78 is 11.4. The molecule has 1 amide bonds. The molecule has 5 nitrogen and oxygen atoms in total. The molecule has 0 saturated carbocycles. The maximum absolute atomic E-state index is 12.3. The lowest BCUT2D eigenvalue weighted by Gasteiger charge is -2.21. The van der Waals surface area contributed by atoms with Gasteiger partial charge in [-0.1, -0.05) is 37.6 Å². The van der Waals surface area contributed by atoms with E-state index in [1.165, 1.54) is 6.08 Å². The number of nitrogens with zero attached hydrogens (tertiary/aromatic N) is 1. The molecule has 0 heterocycles. The Labute approximate surface area is 184 Å². The Bertz CT molecular complexity index is 816. The molecule has 2 aromatic rings. The fourth-order valence-corrected chi connectivity index (χ4v) is 3.18. The maximum atomic E-state index is 12.3. The zero-order valence-corrected chi connectivity index (χ0v) is 18.7. The maximum Gasteiger partial charge on any atom is 0.248 e. The molecule has 2 rings (SSSR count). The summed E-state index contributed by atoms with van der Waals surface area (Å²) >= 11 is 5.88. The molecule has 1 N–H and O–H groups in total. The topological polar surface area (TPSA) is 50.8 Å². The first-order chi connectivity index (χ1) is 14.5. The predicted molar refractivity (Wildman–Crippen MR) is 125 cm³/mol.